The molecule has 150 valence electrons. The number of carbonyl (C=O) groups is 4. The third kappa shape index (κ3) is 4.55. The maximum absolute atomic E-state index is 12.7. The lowest BCUT2D eigenvalue weighted by molar-refractivity contribution is -0.130. The number of halogens is 1. The van der Waals surface area contributed by atoms with Crippen molar-refractivity contribution in [1.29, 1.82) is 0 Å². The molecule has 1 fully saturated rings. The molecule has 0 aromatic heterocycles. The quantitative estimate of drug-likeness (QED) is 0.734. The Balaban J connectivity index is 1.66. The average molecular weight is 415 g/mol. The molecule has 1 atom stereocenters. The highest BCUT2D eigenvalue weighted by molar-refractivity contribution is 6.30. The molecule has 9 heteroatoms. The van der Waals surface area contributed by atoms with Gasteiger partial charge in [-0.25, -0.2) is 4.79 Å². The van der Waals surface area contributed by atoms with Crippen LogP contribution in [0.3, 0.4) is 0 Å². The van der Waals surface area contributed by atoms with Gasteiger partial charge in [0.15, 0.2) is 0 Å². The van der Waals surface area contributed by atoms with E-state index in [1.54, 1.807) is 55.5 Å². The van der Waals surface area contributed by atoms with Crippen LogP contribution in [-0.2, 0) is 14.4 Å². The van der Waals surface area contributed by atoms with Gasteiger partial charge in [-0.15, -0.1) is 0 Å². The molecule has 1 aliphatic rings. The fourth-order valence-electron chi connectivity index (χ4n) is 2.99. The Kier molecular flexibility index (Phi) is 5.84. The number of nitrogens with one attached hydrogen (secondary N) is 2. The summed E-state index contributed by atoms with van der Waals surface area (Å²) >= 11 is 5.87. The molecule has 0 spiro atoms. The summed E-state index contributed by atoms with van der Waals surface area (Å²) in [5.74, 6) is -1.17. The topological polar surface area (TPSA) is 98.8 Å². The fraction of sp³-hybridized carbons (Fsp3) is 0.200. The SMILES string of the molecule is CC(=O)Nc1ccc(NC(=O)CN2C(=O)C(C)N(c3ccc(Cl)cc3)C2=O)cc1. The minimum Gasteiger partial charge on any atom is -0.326 e. The van der Waals surface area contributed by atoms with Crippen LogP contribution >= 0.6 is 11.6 Å². The van der Waals surface area contributed by atoms with Gasteiger partial charge in [0.1, 0.15) is 12.6 Å². The minimum atomic E-state index is -0.728. The number of hydrogen-bond acceptors (Lipinski definition) is 4. The van der Waals surface area contributed by atoms with E-state index in [0.29, 0.717) is 22.1 Å². The van der Waals surface area contributed by atoms with Crippen LogP contribution < -0.4 is 15.5 Å². The molecule has 2 aromatic rings. The van der Waals surface area contributed by atoms with Crippen LogP contribution in [-0.4, -0.2) is 41.2 Å². The number of anilines is 3. The van der Waals surface area contributed by atoms with E-state index in [9.17, 15) is 19.2 Å². The molecular weight excluding hydrogens is 396 g/mol. The van der Waals surface area contributed by atoms with Gasteiger partial charge in [-0.2, -0.15) is 0 Å². The van der Waals surface area contributed by atoms with Crippen molar-refractivity contribution in [2.24, 2.45) is 0 Å². The molecule has 5 amide bonds. The smallest absolute Gasteiger partial charge is 0.326 e. The largest absolute Gasteiger partial charge is 0.332 e. The first kappa shape index (κ1) is 20.3. The number of hydrogen-bond donors (Lipinski definition) is 2. The Morgan fingerprint density at radius 1 is 0.966 bits per heavy atom. The van der Waals surface area contributed by atoms with E-state index >= 15 is 0 Å². The summed E-state index contributed by atoms with van der Waals surface area (Å²) in [6.45, 7) is 2.60. The van der Waals surface area contributed by atoms with Gasteiger partial charge < -0.3 is 10.6 Å². The van der Waals surface area contributed by atoms with E-state index in [-0.39, 0.29) is 5.91 Å². The third-order valence-corrected chi connectivity index (χ3v) is 4.60. The van der Waals surface area contributed by atoms with E-state index in [2.05, 4.69) is 10.6 Å². The minimum absolute atomic E-state index is 0.202. The second-order valence-corrected chi connectivity index (χ2v) is 6.97. The summed E-state index contributed by atoms with van der Waals surface area (Å²) in [7, 11) is 0. The van der Waals surface area contributed by atoms with Gasteiger partial charge in [-0.05, 0) is 55.5 Å². The zero-order valence-corrected chi connectivity index (χ0v) is 16.6. The molecule has 2 aromatic carbocycles. The summed E-state index contributed by atoms with van der Waals surface area (Å²) in [4.78, 5) is 50.9. The highest BCUT2D eigenvalue weighted by Crippen LogP contribution is 2.27. The van der Waals surface area contributed by atoms with E-state index in [0.717, 1.165) is 4.90 Å². The van der Waals surface area contributed by atoms with E-state index in [1.807, 2.05) is 0 Å². The molecule has 0 radical (unpaired) electrons. The van der Waals surface area contributed by atoms with Crippen molar-refractivity contribution >= 4 is 52.4 Å². The molecule has 0 bridgehead atoms. The Bertz CT molecular complexity index is 959. The number of carbonyl (C=O) groups excluding carboxylic acids is 4. The number of benzene rings is 2. The van der Waals surface area contributed by atoms with Gasteiger partial charge in [-0.3, -0.25) is 24.2 Å². The Labute approximate surface area is 172 Å². The van der Waals surface area contributed by atoms with Crippen molar-refractivity contribution in [3.8, 4) is 0 Å². The second-order valence-electron chi connectivity index (χ2n) is 6.54. The summed E-state index contributed by atoms with van der Waals surface area (Å²) in [6.07, 6.45) is 0. The predicted octanol–water partition coefficient (Wildman–Crippen LogP) is 3.09. The van der Waals surface area contributed by atoms with Gasteiger partial charge in [0.2, 0.25) is 11.8 Å². The Morgan fingerprint density at radius 2 is 1.52 bits per heavy atom. The molecule has 29 heavy (non-hydrogen) atoms. The van der Waals surface area contributed by atoms with Crippen LogP contribution in [0.1, 0.15) is 13.8 Å². The van der Waals surface area contributed by atoms with Crippen molar-refractivity contribution in [1.82, 2.24) is 4.90 Å². The molecule has 2 N–H and O–H groups in total. The summed E-state index contributed by atoms with van der Waals surface area (Å²) < 4.78 is 0. The Morgan fingerprint density at radius 3 is 2.07 bits per heavy atom. The second kappa shape index (κ2) is 8.32. The number of imide groups is 1. The predicted molar refractivity (Wildman–Crippen MR) is 110 cm³/mol. The molecule has 1 unspecified atom stereocenters. The molecule has 3 rings (SSSR count). The number of amides is 5. The molecule has 1 heterocycles. The van der Waals surface area contributed by atoms with Crippen molar-refractivity contribution < 1.29 is 19.2 Å². The summed E-state index contributed by atoms with van der Waals surface area (Å²) in [5.41, 5.74) is 1.59. The normalized spacial score (nSPS) is 16.2. The monoisotopic (exact) mass is 414 g/mol. The molecular formula is C20H19ClN4O4. The highest BCUT2D eigenvalue weighted by atomic mass is 35.5. The maximum Gasteiger partial charge on any atom is 0.332 e. The Hall–Kier alpha value is -3.39. The van der Waals surface area contributed by atoms with Crippen molar-refractivity contribution in [3.63, 3.8) is 0 Å². The van der Waals surface area contributed by atoms with Crippen LogP contribution in [0.5, 0.6) is 0 Å². The molecule has 0 aliphatic carbocycles. The van der Waals surface area contributed by atoms with Crippen LogP contribution in [0.2, 0.25) is 5.02 Å². The van der Waals surface area contributed by atoms with E-state index in [1.165, 1.54) is 11.8 Å². The first-order valence-electron chi connectivity index (χ1n) is 8.84. The van der Waals surface area contributed by atoms with Gasteiger partial charge in [0.25, 0.3) is 5.91 Å². The van der Waals surface area contributed by atoms with Crippen molar-refractivity contribution in [2.75, 3.05) is 22.1 Å². The summed E-state index contributed by atoms with van der Waals surface area (Å²) in [6, 6.07) is 11.7. The molecule has 1 aliphatic heterocycles. The van der Waals surface area contributed by atoms with Gasteiger partial charge in [0.05, 0.1) is 0 Å². The first-order chi connectivity index (χ1) is 13.8. The van der Waals surface area contributed by atoms with E-state index < -0.39 is 30.4 Å². The molecule has 0 saturated carbocycles. The molecule has 1 saturated heterocycles. The molecule has 8 nitrogen and oxygen atoms in total. The maximum atomic E-state index is 12.7. The van der Waals surface area contributed by atoms with Crippen LogP contribution in [0.4, 0.5) is 21.9 Å². The van der Waals surface area contributed by atoms with Gasteiger partial charge in [0, 0.05) is 29.0 Å². The van der Waals surface area contributed by atoms with Crippen LogP contribution in [0, 0.1) is 0 Å². The van der Waals surface area contributed by atoms with Crippen LogP contribution in [0.15, 0.2) is 48.5 Å². The number of urea groups is 1. The van der Waals surface area contributed by atoms with Crippen molar-refractivity contribution in [2.45, 2.75) is 19.9 Å². The number of nitrogens with zero attached hydrogens (tertiary/aromatic N) is 2. The third-order valence-electron chi connectivity index (χ3n) is 4.34. The zero-order chi connectivity index (χ0) is 21.1. The fourth-order valence-corrected chi connectivity index (χ4v) is 3.12. The first-order valence-corrected chi connectivity index (χ1v) is 9.21. The van der Waals surface area contributed by atoms with Gasteiger partial charge >= 0.3 is 6.03 Å². The van der Waals surface area contributed by atoms with Gasteiger partial charge in [-0.1, -0.05) is 11.6 Å². The number of rotatable bonds is 5. The van der Waals surface area contributed by atoms with Crippen molar-refractivity contribution in [3.05, 3.63) is 53.6 Å². The lowest BCUT2D eigenvalue weighted by atomic mass is 10.2. The van der Waals surface area contributed by atoms with Crippen LogP contribution in [0.25, 0.3) is 0 Å². The summed E-state index contributed by atoms with van der Waals surface area (Å²) in [5, 5.41) is 5.77. The van der Waals surface area contributed by atoms with E-state index in [4.69, 9.17) is 11.6 Å². The zero-order valence-electron chi connectivity index (χ0n) is 15.8. The average Bonchev–Trinajstić information content (AvgIpc) is 2.87. The standard InChI is InChI=1S/C20H19ClN4O4/c1-12-19(28)24(20(29)25(12)17-9-3-14(21)4-10-17)11-18(27)23-16-7-5-15(6-8-16)22-13(2)26/h3-10,12H,11H2,1-2H3,(H,22,26)(H,23,27). The lowest BCUT2D eigenvalue weighted by Crippen LogP contribution is -2.39. The highest BCUT2D eigenvalue weighted by Gasteiger charge is 2.44. The lowest BCUT2D eigenvalue weighted by Gasteiger charge is -2.19.